The number of amides is 1. The molecule has 0 saturated carbocycles. The van der Waals surface area contributed by atoms with E-state index in [9.17, 15) is 28.1 Å². The summed E-state index contributed by atoms with van der Waals surface area (Å²) in [5, 5.41) is 13.6. The number of nitro benzene ring substituents is 1. The minimum Gasteiger partial charge on any atom is -0.322 e. The molecule has 0 aliphatic heterocycles. The lowest BCUT2D eigenvalue weighted by Crippen LogP contribution is -2.13. The minimum atomic E-state index is -4.53. The van der Waals surface area contributed by atoms with Gasteiger partial charge in [-0.1, -0.05) is 23.9 Å². The van der Waals surface area contributed by atoms with Gasteiger partial charge in [-0.15, -0.1) is 0 Å². The molecule has 0 radical (unpaired) electrons. The van der Waals surface area contributed by atoms with Crippen LogP contribution in [0.3, 0.4) is 0 Å². The topological polar surface area (TPSA) is 72.2 Å². The molecule has 1 amide bonds. The Balaban J connectivity index is 1.70. The summed E-state index contributed by atoms with van der Waals surface area (Å²) in [5.74, 6) is -0.657. The zero-order valence-electron chi connectivity index (χ0n) is 15.6. The summed E-state index contributed by atoms with van der Waals surface area (Å²) in [6.07, 6.45) is -4.53. The maximum Gasteiger partial charge on any atom is 0.416 e. The second kappa shape index (κ2) is 8.58. The maximum atomic E-state index is 12.8. The van der Waals surface area contributed by atoms with Crippen LogP contribution in [-0.2, 0) is 6.18 Å². The van der Waals surface area contributed by atoms with Crippen molar-refractivity contribution in [2.75, 3.05) is 5.32 Å². The molecule has 0 saturated heterocycles. The quantitative estimate of drug-likeness (QED) is 0.378. The third kappa shape index (κ3) is 5.18. The number of nitro groups is 1. The Morgan fingerprint density at radius 2 is 1.67 bits per heavy atom. The second-order valence-corrected chi connectivity index (χ2v) is 7.51. The summed E-state index contributed by atoms with van der Waals surface area (Å²) in [6.45, 7) is 1.66. The first-order chi connectivity index (χ1) is 14.1. The summed E-state index contributed by atoms with van der Waals surface area (Å²) in [5.41, 5.74) is 0.0166. The molecule has 5 nitrogen and oxygen atoms in total. The van der Waals surface area contributed by atoms with Crippen LogP contribution in [0.2, 0.25) is 0 Å². The van der Waals surface area contributed by atoms with Crippen molar-refractivity contribution >= 4 is 29.0 Å². The number of benzene rings is 3. The predicted octanol–water partition coefficient (Wildman–Crippen LogP) is 6.33. The fourth-order valence-corrected chi connectivity index (χ4v) is 3.48. The molecular formula is C21H15F3N2O3S. The number of rotatable bonds is 5. The van der Waals surface area contributed by atoms with E-state index < -0.39 is 22.6 Å². The van der Waals surface area contributed by atoms with Crippen LogP contribution in [-0.4, -0.2) is 10.8 Å². The first-order valence-corrected chi connectivity index (χ1v) is 9.47. The lowest BCUT2D eigenvalue weighted by atomic mass is 10.1. The van der Waals surface area contributed by atoms with Crippen molar-refractivity contribution in [3.63, 3.8) is 0 Å². The molecule has 3 aromatic carbocycles. The number of carbonyl (C=O) groups excluding carboxylic acids is 1. The van der Waals surface area contributed by atoms with Gasteiger partial charge in [-0.2, -0.15) is 13.2 Å². The lowest BCUT2D eigenvalue weighted by Gasteiger charge is -2.10. The van der Waals surface area contributed by atoms with Crippen LogP contribution in [0, 0.1) is 17.0 Å². The molecule has 1 N–H and O–H groups in total. The number of carbonyl (C=O) groups is 1. The highest BCUT2D eigenvalue weighted by atomic mass is 32.2. The molecule has 3 aromatic rings. The molecule has 0 atom stereocenters. The van der Waals surface area contributed by atoms with E-state index in [-0.39, 0.29) is 11.3 Å². The van der Waals surface area contributed by atoms with Gasteiger partial charge in [0.25, 0.3) is 11.6 Å². The molecule has 3 rings (SSSR count). The number of hydrogen-bond acceptors (Lipinski definition) is 4. The van der Waals surface area contributed by atoms with Crippen LogP contribution >= 0.6 is 11.8 Å². The molecule has 154 valence electrons. The average Bonchev–Trinajstić information content (AvgIpc) is 2.70. The Hall–Kier alpha value is -3.33. The number of halogens is 3. The summed E-state index contributed by atoms with van der Waals surface area (Å²) in [4.78, 5) is 24.3. The van der Waals surface area contributed by atoms with E-state index in [1.165, 1.54) is 30.0 Å². The van der Waals surface area contributed by atoms with Crippen LogP contribution < -0.4 is 5.32 Å². The molecule has 0 bridgehead atoms. The van der Waals surface area contributed by atoms with E-state index in [0.717, 1.165) is 17.0 Å². The molecule has 0 heterocycles. The van der Waals surface area contributed by atoms with E-state index in [0.29, 0.717) is 16.1 Å². The van der Waals surface area contributed by atoms with Crippen molar-refractivity contribution in [3.8, 4) is 0 Å². The highest BCUT2D eigenvalue weighted by Crippen LogP contribution is 2.32. The highest BCUT2D eigenvalue weighted by Gasteiger charge is 2.30. The molecular weight excluding hydrogens is 417 g/mol. The van der Waals surface area contributed by atoms with Gasteiger partial charge in [-0.05, 0) is 55.5 Å². The first kappa shape index (κ1) is 21.4. The van der Waals surface area contributed by atoms with Crippen molar-refractivity contribution in [1.29, 1.82) is 0 Å². The Bertz CT molecular complexity index is 1100. The van der Waals surface area contributed by atoms with Crippen LogP contribution in [0.25, 0.3) is 0 Å². The van der Waals surface area contributed by atoms with Gasteiger partial charge in [-0.25, -0.2) is 0 Å². The summed E-state index contributed by atoms with van der Waals surface area (Å²) in [7, 11) is 0. The normalized spacial score (nSPS) is 11.2. The number of nitrogens with zero attached hydrogens (tertiary/aromatic N) is 1. The largest absolute Gasteiger partial charge is 0.416 e. The highest BCUT2D eigenvalue weighted by molar-refractivity contribution is 7.99. The average molecular weight is 432 g/mol. The Kier molecular flexibility index (Phi) is 6.12. The molecule has 0 unspecified atom stereocenters. The van der Waals surface area contributed by atoms with Gasteiger partial charge in [0.15, 0.2) is 0 Å². The number of nitrogens with one attached hydrogen (secondary N) is 1. The fourth-order valence-electron chi connectivity index (χ4n) is 2.63. The maximum absolute atomic E-state index is 12.8. The standard InChI is InChI=1S/C21H15F3N2O3S/c1-13-5-8-18(12-19(13)26(28)29)30-17-9-6-16(7-10-17)25-20(27)14-3-2-4-15(11-14)21(22,23)24/h2-12H,1H3,(H,25,27). The molecule has 0 aliphatic rings. The Morgan fingerprint density at radius 3 is 2.30 bits per heavy atom. The zero-order valence-corrected chi connectivity index (χ0v) is 16.4. The third-order valence-corrected chi connectivity index (χ3v) is 5.17. The van der Waals surface area contributed by atoms with E-state index in [4.69, 9.17) is 0 Å². The third-order valence-electron chi connectivity index (χ3n) is 4.18. The van der Waals surface area contributed by atoms with E-state index >= 15 is 0 Å². The minimum absolute atomic E-state index is 0.0324. The zero-order chi connectivity index (χ0) is 21.9. The lowest BCUT2D eigenvalue weighted by molar-refractivity contribution is -0.385. The van der Waals surface area contributed by atoms with Crippen molar-refractivity contribution in [2.24, 2.45) is 0 Å². The summed E-state index contributed by atoms with van der Waals surface area (Å²) >= 11 is 1.31. The van der Waals surface area contributed by atoms with Gasteiger partial charge in [0.2, 0.25) is 0 Å². The van der Waals surface area contributed by atoms with Gasteiger partial charge < -0.3 is 5.32 Å². The molecule has 0 fully saturated rings. The molecule has 0 aliphatic carbocycles. The molecule has 0 aromatic heterocycles. The van der Waals surface area contributed by atoms with Gasteiger partial charge >= 0.3 is 6.18 Å². The number of alkyl halides is 3. The predicted molar refractivity (Wildman–Crippen MR) is 108 cm³/mol. The smallest absolute Gasteiger partial charge is 0.322 e. The fraction of sp³-hybridized carbons (Fsp3) is 0.0952. The molecule has 9 heteroatoms. The van der Waals surface area contributed by atoms with E-state index in [2.05, 4.69) is 5.32 Å². The van der Waals surface area contributed by atoms with Crippen molar-refractivity contribution in [2.45, 2.75) is 22.9 Å². The van der Waals surface area contributed by atoms with Crippen LogP contribution in [0.1, 0.15) is 21.5 Å². The summed E-state index contributed by atoms with van der Waals surface area (Å²) in [6, 6.07) is 15.7. The van der Waals surface area contributed by atoms with Crippen LogP contribution in [0.15, 0.2) is 76.5 Å². The van der Waals surface area contributed by atoms with Gasteiger partial charge in [0.05, 0.1) is 10.5 Å². The van der Waals surface area contributed by atoms with Gasteiger partial charge in [0.1, 0.15) is 0 Å². The first-order valence-electron chi connectivity index (χ1n) is 8.65. The molecule has 0 spiro atoms. The van der Waals surface area contributed by atoms with Crippen LogP contribution in [0.5, 0.6) is 0 Å². The van der Waals surface area contributed by atoms with E-state index in [1.807, 2.05) is 0 Å². The van der Waals surface area contributed by atoms with Crippen molar-refractivity contribution < 1.29 is 22.9 Å². The van der Waals surface area contributed by atoms with Crippen molar-refractivity contribution in [3.05, 3.63) is 93.5 Å². The Labute approximate surface area is 174 Å². The van der Waals surface area contributed by atoms with E-state index in [1.54, 1.807) is 43.3 Å². The Morgan fingerprint density at radius 1 is 1.00 bits per heavy atom. The number of aryl methyl sites for hydroxylation is 1. The van der Waals surface area contributed by atoms with Gasteiger partial charge in [-0.3, -0.25) is 14.9 Å². The van der Waals surface area contributed by atoms with Gasteiger partial charge in [0, 0.05) is 32.7 Å². The van der Waals surface area contributed by atoms with Crippen LogP contribution in [0.4, 0.5) is 24.5 Å². The monoisotopic (exact) mass is 432 g/mol. The van der Waals surface area contributed by atoms with Crippen molar-refractivity contribution in [1.82, 2.24) is 0 Å². The number of hydrogen-bond donors (Lipinski definition) is 1. The molecule has 30 heavy (non-hydrogen) atoms. The number of anilines is 1. The SMILES string of the molecule is Cc1ccc(Sc2ccc(NC(=O)c3cccc(C(F)(F)F)c3)cc2)cc1[N+](=O)[O-]. The summed E-state index contributed by atoms with van der Waals surface area (Å²) < 4.78 is 38.4. The second-order valence-electron chi connectivity index (χ2n) is 6.36.